The smallest absolute Gasteiger partial charge is 0.188 e. The summed E-state index contributed by atoms with van der Waals surface area (Å²) in [5, 5.41) is 9.44. The number of aromatic hydroxyl groups is 1. The number of ether oxygens (including phenoxy) is 2. The average Bonchev–Trinajstić information content (AvgIpc) is 2.65. The predicted molar refractivity (Wildman–Crippen MR) is 102 cm³/mol. The Labute approximate surface area is 151 Å². The first kappa shape index (κ1) is 19.3. The molecule has 0 aliphatic rings. The Morgan fingerprint density at radius 1 is 0.920 bits per heavy atom. The number of methoxy groups -OCH3 is 1. The largest absolute Gasteiger partial charge is 0.508 e. The van der Waals surface area contributed by atoms with E-state index in [0.29, 0.717) is 17.6 Å². The minimum atomic E-state index is 0.282. The lowest BCUT2D eigenvalue weighted by atomic mass is 9.88. The number of hydrogen-bond acceptors (Lipinski definition) is 3. The van der Waals surface area contributed by atoms with Crippen molar-refractivity contribution in [2.45, 2.75) is 51.4 Å². The lowest BCUT2D eigenvalue weighted by molar-refractivity contribution is 0.0511. The number of phenolic OH excluding ortho intramolecular Hbond substituents is 1. The second-order valence-electron chi connectivity index (χ2n) is 6.65. The molecule has 0 fully saturated rings. The van der Waals surface area contributed by atoms with Crippen molar-refractivity contribution in [2.24, 2.45) is 0 Å². The molecule has 2 aromatic rings. The van der Waals surface area contributed by atoms with E-state index in [0.717, 1.165) is 12.2 Å². The van der Waals surface area contributed by atoms with Crippen molar-refractivity contribution in [3.8, 4) is 11.5 Å². The fraction of sp³-hybridized carbons (Fsp3) is 0.455. The zero-order chi connectivity index (χ0) is 18.1. The highest BCUT2D eigenvalue weighted by atomic mass is 16.7. The quantitative estimate of drug-likeness (QED) is 0.551. The summed E-state index contributed by atoms with van der Waals surface area (Å²) in [6.07, 6.45) is 4.68. The van der Waals surface area contributed by atoms with Gasteiger partial charge in [-0.05, 0) is 66.5 Å². The summed E-state index contributed by atoms with van der Waals surface area (Å²) in [6.45, 7) is 4.80. The minimum absolute atomic E-state index is 0.282. The molecule has 0 spiro atoms. The molecule has 2 unspecified atom stereocenters. The van der Waals surface area contributed by atoms with E-state index in [1.165, 1.54) is 30.4 Å². The van der Waals surface area contributed by atoms with Crippen LogP contribution < -0.4 is 4.74 Å². The highest BCUT2D eigenvalue weighted by molar-refractivity contribution is 5.29. The van der Waals surface area contributed by atoms with Crippen molar-refractivity contribution < 1.29 is 14.6 Å². The third kappa shape index (κ3) is 6.09. The van der Waals surface area contributed by atoms with E-state index >= 15 is 0 Å². The molecule has 0 saturated heterocycles. The fourth-order valence-corrected chi connectivity index (χ4v) is 3.21. The first-order chi connectivity index (χ1) is 12.1. The molecular formula is C22H30O3. The van der Waals surface area contributed by atoms with Crippen molar-refractivity contribution >= 4 is 0 Å². The highest BCUT2D eigenvalue weighted by Gasteiger charge is 2.11. The van der Waals surface area contributed by atoms with Gasteiger partial charge in [0.15, 0.2) is 6.79 Å². The van der Waals surface area contributed by atoms with Gasteiger partial charge in [-0.1, -0.05) is 44.5 Å². The Bertz CT molecular complexity index is 604. The van der Waals surface area contributed by atoms with Crippen LogP contribution in [0.2, 0.25) is 0 Å². The van der Waals surface area contributed by atoms with Gasteiger partial charge in [0.1, 0.15) is 11.5 Å². The maximum Gasteiger partial charge on any atom is 0.188 e. The topological polar surface area (TPSA) is 38.7 Å². The maximum absolute atomic E-state index is 9.44. The van der Waals surface area contributed by atoms with Gasteiger partial charge in [-0.25, -0.2) is 0 Å². The number of benzene rings is 2. The van der Waals surface area contributed by atoms with E-state index in [2.05, 4.69) is 26.0 Å². The minimum Gasteiger partial charge on any atom is -0.508 e. The average molecular weight is 342 g/mol. The molecule has 0 aromatic heterocycles. The first-order valence-corrected chi connectivity index (χ1v) is 9.14. The van der Waals surface area contributed by atoms with Gasteiger partial charge < -0.3 is 14.6 Å². The van der Waals surface area contributed by atoms with Gasteiger partial charge in [0.05, 0.1) is 0 Å². The van der Waals surface area contributed by atoms with E-state index < -0.39 is 0 Å². The Morgan fingerprint density at radius 2 is 1.56 bits per heavy atom. The maximum atomic E-state index is 9.44. The summed E-state index contributed by atoms with van der Waals surface area (Å²) in [5.41, 5.74) is 2.68. The number of phenols is 1. The monoisotopic (exact) mass is 342 g/mol. The molecule has 0 saturated carbocycles. The van der Waals surface area contributed by atoms with Gasteiger partial charge in [-0.3, -0.25) is 0 Å². The normalized spacial score (nSPS) is 13.4. The summed E-state index contributed by atoms with van der Waals surface area (Å²) in [7, 11) is 1.62. The van der Waals surface area contributed by atoms with Crippen molar-refractivity contribution in [2.75, 3.05) is 13.9 Å². The van der Waals surface area contributed by atoms with Crippen molar-refractivity contribution in [1.29, 1.82) is 0 Å². The summed E-state index contributed by atoms with van der Waals surface area (Å²) >= 11 is 0. The summed E-state index contributed by atoms with van der Waals surface area (Å²) in [6, 6.07) is 16.0. The van der Waals surface area contributed by atoms with E-state index in [-0.39, 0.29) is 6.79 Å². The van der Waals surface area contributed by atoms with Crippen LogP contribution in [0.5, 0.6) is 11.5 Å². The van der Waals surface area contributed by atoms with Crippen molar-refractivity contribution in [1.82, 2.24) is 0 Å². The van der Waals surface area contributed by atoms with Crippen LogP contribution in [0, 0.1) is 0 Å². The molecule has 2 atom stereocenters. The summed E-state index contributed by atoms with van der Waals surface area (Å²) in [4.78, 5) is 0. The molecule has 2 aromatic carbocycles. The summed E-state index contributed by atoms with van der Waals surface area (Å²) < 4.78 is 10.4. The van der Waals surface area contributed by atoms with Gasteiger partial charge in [0, 0.05) is 7.11 Å². The van der Waals surface area contributed by atoms with Crippen LogP contribution in [0.1, 0.15) is 62.5 Å². The van der Waals surface area contributed by atoms with Crippen LogP contribution >= 0.6 is 0 Å². The van der Waals surface area contributed by atoms with E-state index in [1.807, 2.05) is 24.3 Å². The summed E-state index contributed by atoms with van der Waals surface area (Å²) in [5.74, 6) is 2.28. The lowest BCUT2D eigenvalue weighted by Crippen LogP contribution is -2.01. The van der Waals surface area contributed by atoms with Gasteiger partial charge in [-0.15, -0.1) is 0 Å². The number of hydrogen-bond donors (Lipinski definition) is 1. The van der Waals surface area contributed by atoms with E-state index in [4.69, 9.17) is 9.47 Å². The second-order valence-corrected chi connectivity index (χ2v) is 6.65. The molecule has 3 heteroatoms. The van der Waals surface area contributed by atoms with Gasteiger partial charge in [-0.2, -0.15) is 0 Å². The third-order valence-corrected chi connectivity index (χ3v) is 4.84. The zero-order valence-electron chi connectivity index (χ0n) is 15.6. The van der Waals surface area contributed by atoms with Crippen LogP contribution in [0.4, 0.5) is 0 Å². The first-order valence-electron chi connectivity index (χ1n) is 9.14. The zero-order valence-corrected chi connectivity index (χ0v) is 15.6. The lowest BCUT2D eigenvalue weighted by Gasteiger charge is -2.18. The number of rotatable bonds is 10. The Balaban J connectivity index is 1.82. The van der Waals surface area contributed by atoms with E-state index in [9.17, 15) is 5.11 Å². The Morgan fingerprint density at radius 3 is 2.16 bits per heavy atom. The van der Waals surface area contributed by atoms with Gasteiger partial charge >= 0.3 is 0 Å². The standard InChI is InChI=1S/C22H30O3/c1-4-18(20-8-12-21(23)13-9-20)7-5-6-17(2)19-10-14-22(15-11-19)25-16-24-3/h8-15,17-18,23H,4-7,16H2,1-3H3. The molecular weight excluding hydrogens is 312 g/mol. The van der Waals surface area contributed by atoms with Gasteiger partial charge in [0.2, 0.25) is 0 Å². The molecule has 0 radical (unpaired) electrons. The highest BCUT2D eigenvalue weighted by Crippen LogP contribution is 2.30. The Hall–Kier alpha value is -2.00. The van der Waals surface area contributed by atoms with Crippen LogP contribution in [0.25, 0.3) is 0 Å². The molecule has 0 bridgehead atoms. The van der Waals surface area contributed by atoms with Crippen molar-refractivity contribution in [3.05, 3.63) is 59.7 Å². The molecule has 0 aliphatic heterocycles. The third-order valence-electron chi connectivity index (χ3n) is 4.84. The molecule has 3 nitrogen and oxygen atoms in total. The molecule has 2 rings (SSSR count). The molecule has 0 amide bonds. The van der Waals surface area contributed by atoms with Crippen LogP contribution in [-0.4, -0.2) is 19.0 Å². The molecule has 1 N–H and O–H groups in total. The van der Waals surface area contributed by atoms with Gasteiger partial charge in [0.25, 0.3) is 0 Å². The van der Waals surface area contributed by atoms with Crippen LogP contribution in [0.3, 0.4) is 0 Å². The fourth-order valence-electron chi connectivity index (χ4n) is 3.21. The SMILES string of the molecule is CCC(CCCC(C)c1ccc(OCOC)cc1)c1ccc(O)cc1. The molecule has 136 valence electrons. The van der Waals surface area contributed by atoms with Crippen LogP contribution in [-0.2, 0) is 4.74 Å². The molecule has 0 heterocycles. The van der Waals surface area contributed by atoms with E-state index in [1.54, 1.807) is 19.2 Å². The Kier molecular flexibility index (Phi) is 7.80. The molecule has 0 aliphatic carbocycles. The van der Waals surface area contributed by atoms with Crippen molar-refractivity contribution in [3.63, 3.8) is 0 Å². The van der Waals surface area contributed by atoms with Crippen LogP contribution in [0.15, 0.2) is 48.5 Å². The predicted octanol–water partition coefficient (Wildman–Crippen LogP) is 5.84. The second kappa shape index (κ2) is 10.1. The molecule has 25 heavy (non-hydrogen) atoms.